The van der Waals surface area contributed by atoms with E-state index in [0.29, 0.717) is 11.8 Å². The summed E-state index contributed by atoms with van der Waals surface area (Å²) in [4.78, 5) is 5.70. The maximum atomic E-state index is 3.44. The van der Waals surface area contributed by atoms with Crippen molar-refractivity contribution in [1.29, 1.82) is 0 Å². The van der Waals surface area contributed by atoms with Gasteiger partial charge < -0.3 is 24.8 Å². The molecule has 137 valence electrons. The molecule has 0 spiro atoms. The SMILES string of the molecule is CC1=CC2C=CC=C2S1.Cc1ccc(C2[C-]=Cc3ccccc32)s1.[Cl-].[Cl-].[Zr+3]. The Morgan fingerprint density at radius 2 is 1.78 bits per heavy atom. The molecule has 2 heterocycles. The van der Waals surface area contributed by atoms with Crippen molar-refractivity contribution in [3.63, 3.8) is 0 Å². The third kappa shape index (κ3) is 5.61. The van der Waals surface area contributed by atoms with E-state index in [2.05, 4.69) is 86.7 Å². The van der Waals surface area contributed by atoms with E-state index in [0.717, 1.165) is 0 Å². The van der Waals surface area contributed by atoms with E-state index in [1.54, 1.807) is 0 Å². The van der Waals surface area contributed by atoms with Crippen molar-refractivity contribution in [2.45, 2.75) is 19.8 Å². The summed E-state index contributed by atoms with van der Waals surface area (Å²) in [5, 5.41) is 0. The molecule has 0 saturated carbocycles. The number of thioether (sulfide) groups is 1. The van der Waals surface area contributed by atoms with Crippen molar-refractivity contribution < 1.29 is 51.0 Å². The van der Waals surface area contributed by atoms with Gasteiger partial charge in [-0.25, -0.2) is 6.08 Å². The summed E-state index contributed by atoms with van der Waals surface area (Å²) in [6.07, 6.45) is 14.4. The molecule has 2 aliphatic carbocycles. The van der Waals surface area contributed by atoms with Crippen molar-refractivity contribution >= 4 is 29.2 Å². The van der Waals surface area contributed by atoms with E-state index in [1.165, 1.54) is 30.7 Å². The number of hydrogen-bond acceptors (Lipinski definition) is 2. The molecule has 1 radical (unpaired) electrons. The number of hydrogen-bond donors (Lipinski definition) is 0. The predicted octanol–water partition coefficient (Wildman–Crippen LogP) is 0.731. The van der Waals surface area contributed by atoms with Gasteiger partial charge in [-0.05, 0) is 35.8 Å². The molecule has 0 fully saturated rings. The minimum atomic E-state index is 0. The van der Waals surface area contributed by atoms with E-state index in [-0.39, 0.29) is 51.0 Å². The van der Waals surface area contributed by atoms with Crippen LogP contribution in [-0.4, -0.2) is 0 Å². The van der Waals surface area contributed by atoms with E-state index >= 15 is 0 Å². The third-order valence-electron chi connectivity index (χ3n) is 4.36. The van der Waals surface area contributed by atoms with Crippen LogP contribution in [0, 0.1) is 18.9 Å². The standard InChI is InChI=1S/C14H11S.C8H8S.2ClH.Zr/c1-10-6-9-14(15-10)13-8-7-11-4-2-3-5-12(11)13;1-6-5-7-3-2-4-8(7)9-6;;;/h2-7,9,13H,1H3;2-5,7H,1H3;2*1H;/q-1;;;;+3/p-2. The van der Waals surface area contributed by atoms with Crippen LogP contribution >= 0.6 is 23.1 Å². The van der Waals surface area contributed by atoms with Gasteiger partial charge in [-0.3, -0.25) is 6.08 Å². The Bertz CT molecular complexity index is 893. The predicted molar refractivity (Wildman–Crippen MR) is 107 cm³/mol. The Labute approximate surface area is 201 Å². The second-order valence-corrected chi connectivity index (χ2v) is 8.82. The van der Waals surface area contributed by atoms with E-state index in [4.69, 9.17) is 0 Å². The van der Waals surface area contributed by atoms with Gasteiger partial charge in [0.15, 0.2) is 0 Å². The van der Waals surface area contributed by atoms with Crippen LogP contribution in [0.3, 0.4) is 0 Å². The van der Waals surface area contributed by atoms with Crippen LogP contribution in [-0.2, 0) is 26.2 Å². The Hall–Kier alpha value is -0.307. The molecule has 0 N–H and O–H groups in total. The van der Waals surface area contributed by atoms with Crippen molar-refractivity contribution in [3.05, 3.63) is 97.5 Å². The fourth-order valence-electron chi connectivity index (χ4n) is 3.20. The molecule has 0 saturated heterocycles. The molecule has 2 aromatic rings. The zero-order chi connectivity index (χ0) is 16.5. The Morgan fingerprint density at radius 3 is 2.48 bits per heavy atom. The van der Waals surface area contributed by atoms with Crippen LogP contribution < -0.4 is 24.8 Å². The summed E-state index contributed by atoms with van der Waals surface area (Å²) in [5.74, 6) is 0.995. The summed E-state index contributed by atoms with van der Waals surface area (Å²) >= 11 is 3.76. The molecule has 0 bridgehead atoms. The summed E-state index contributed by atoms with van der Waals surface area (Å²) < 4.78 is 0. The smallest absolute Gasteiger partial charge is 1.00 e. The first kappa shape index (κ1) is 24.7. The fourth-order valence-corrected chi connectivity index (χ4v) is 5.17. The zero-order valence-corrected chi connectivity index (χ0v) is 20.7. The van der Waals surface area contributed by atoms with Crippen LogP contribution in [0.15, 0.2) is 70.5 Å². The number of allylic oxidation sites excluding steroid dienone is 7. The third-order valence-corrected chi connectivity index (χ3v) is 6.53. The Balaban J connectivity index is 0.000000266. The van der Waals surface area contributed by atoms with Gasteiger partial charge in [0.05, 0.1) is 0 Å². The molecule has 1 aliphatic heterocycles. The summed E-state index contributed by atoms with van der Waals surface area (Å²) in [7, 11) is 0. The summed E-state index contributed by atoms with van der Waals surface area (Å²) in [6, 6.07) is 12.9. The number of thiophene rings is 1. The van der Waals surface area contributed by atoms with Gasteiger partial charge >= 0.3 is 26.2 Å². The average molecular weight is 510 g/mol. The second kappa shape index (κ2) is 11.0. The molecule has 27 heavy (non-hydrogen) atoms. The fraction of sp³-hybridized carbons (Fsp3) is 0.182. The normalized spacial score (nSPS) is 20.1. The summed E-state index contributed by atoms with van der Waals surface area (Å²) in [6.45, 7) is 4.32. The van der Waals surface area contributed by atoms with Gasteiger partial charge in [0.2, 0.25) is 0 Å². The molecule has 5 rings (SSSR count). The van der Waals surface area contributed by atoms with Crippen LogP contribution in [0.2, 0.25) is 0 Å². The molecular formula is C22H19Cl2S2Zr. The number of rotatable bonds is 1. The van der Waals surface area contributed by atoms with Crippen LogP contribution in [0.1, 0.15) is 33.7 Å². The van der Waals surface area contributed by atoms with Crippen molar-refractivity contribution in [3.8, 4) is 0 Å². The summed E-state index contributed by atoms with van der Waals surface area (Å²) in [5.41, 5.74) is 2.70. The van der Waals surface area contributed by atoms with Crippen LogP contribution in [0.25, 0.3) is 6.08 Å². The van der Waals surface area contributed by atoms with E-state index in [9.17, 15) is 0 Å². The number of fused-ring (bicyclic) bond motifs is 2. The van der Waals surface area contributed by atoms with Gasteiger partial charge in [0, 0.05) is 15.7 Å². The molecule has 1 aromatic carbocycles. The molecule has 5 heteroatoms. The topological polar surface area (TPSA) is 0 Å². The van der Waals surface area contributed by atoms with Crippen LogP contribution in [0.4, 0.5) is 0 Å². The minimum Gasteiger partial charge on any atom is -1.00 e. The van der Waals surface area contributed by atoms with Crippen molar-refractivity contribution in [1.82, 2.24) is 0 Å². The quantitative estimate of drug-likeness (QED) is 0.511. The first-order valence-corrected chi connectivity index (χ1v) is 9.83. The number of aryl methyl sites for hydroxylation is 1. The van der Waals surface area contributed by atoms with Gasteiger partial charge in [0.25, 0.3) is 0 Å². The first-order chi connectivity index (χ1) is 11.7. The van der Waals surface area contributed by atoms with Crippen LogP contribution in [0.5, 0.6) is 0 Å². The molecule has 2 atom stereocenters. The molecule has 2 unspecified atom stereocenters. The van der Waals surface area contributed by atoms with Gasteiger partial charge in [0.1, 0.15) is 0 Å². The molecular weight excluding hydrogens is 491 g/mol. The van der Waals surface area contributed by atoms with Gasteiger partial charge in [-0.1, -0.05) is 60.2 Å². The largest absolute Gasteiger partial charge is 3.00 e. The van der Waals surface area contributed by atoms with Crippen molar-refractivity contribution in [2.75, 3.05) is 0 Å². The van der Waals surface area contributed by atoms with Gasteiger partial charge in [-0.2, -0.15) is 5.56 Å². The van der Waals surface area contributed by atoms with E-state index in [1.807, 2.05) is 23.1 Å². The average Bonchev–Trinajstić information content (AvgIpc) is 3.30. The monoisotopic (exact) mass is 507 g/mol. The Kier molecular flexibility index (Phi) is 10.1. The molecule has 0 amide bonds. The maximum absolute atomic E-state index is 3.44. The van der Waals surface area contributed by atoms with E-state index < -0.39 is 0 Å². The zero-order valence-electron chi connectivity index (χ0n) is 15.1. The molecule has 1 aromatic heterocycles. The number of benzene rings is 1. The molecule has 3 aliphatic rings. The maximum Gasteiger partial charge on any atom is 3.00 e. The van der Waals surface area contributed by atoms with Crippen molar-refractivity contribution in [2.24, 2.45) is 5.92 Å². The second-order valence-electron chi connectivity index (χ2n) is 6.18. The first-order valence-electron chi connectivity index (χ1n) is 8.20. The Morgan fingerprint density at radius 1 is 1.00 bits per heavy atom. The van der Waals surface area contributed by atoms with Gasteiger partial charge in [-0.15, -0.1) is 23.0 Å². The minimum absolute atomic E-state index is 0. The number of halogens is 2. The molecule has 0 nitrogen and oxygen atoms in total.